The minimum absolute atomic E-state index is 0.132. The Morgan fingerprint density at radius 3 is 2.16 bits per heavy atom. The topological polar surface area (TPSA) is 48.1 Å². The fourth-order valence-electron chi connectivity index (χ4n) is 1.93. The molecule has 0 saturated carbocycles. The Kier molecular flexibility index (Phi) is 4.53. The van der Waals surface area contributed by atoms with Gasteiger partial charge in [-0.3, -0.25) is 4.98 Å². The molecule has 0 saturated heterocycles. The maximum atomic E-state index is 5.93. The summed E-state index contributed by atoms with van der Waals surface area (Å²) in [5.74, 6) is 1.37. The maximum Gasteiger partial charge on any atom is 0.136 e. The lowest BCUT2D eigenvalue weighted by Gasteiger charge is -2.18. The first-order valence-electron chi connectivity index (χ1n) is 6.57. The lowest BCUT2D eigenvalue weighted by Crippen LogP contribution is -2.18. The zero-order chi connectivity index (χ0) is 13.7. The van der Waals surface area contributed by atoms with Crippen LogP contribution in [0.2, 0.25) is 0 Å². The van der Waals surface area contributed by atoms with Crippen molar-refractivity contribution in [3.8, 4) is 5.75 Å². The van der Waals surface area contributed by atoms with E-state index >= 15 is 0 Å². The molecule has 19 heavy (non-hydrogen) atoms. The predicted molar refractivity (Wildman–Crippen MR) is 77.2 cm³/mol. The fourth-order valence-corrected chi connectivity index (χ4v) is 1.93. The Morgan fingerprint density at radius 2 is 1.63 bits per heavy atom. The van der Waals surface area contributed by atoms with Crippen molar-refractivity contribution in [3.05, 3.63) is 59.9 Å². The summed E-state index contributed by atoms with van der Waals surface area (Å²) in [4.78, 5) is 4.00. The molecule has 1 atom stereocenters. The number of rotatable bonds is 5. The van der Waals surface area contributed by atoms with Gasteiger partial charge in [-0.05, 0) is 41.3 Å². The molecule has 3 nitrogen and oxygen atoms in total. The number of nitrogens with two attached hydrogens (primary N) is 1. The number of aromatic nitrogens is 1. The molecule has 0 amide bonds. The van der Waals surface area contributed by atoms with Crippen molar-refractivity contribution in [2.24, 2.45) is 5.73 Å². The van der Waals surface area contributed by atoms with Crippen LogP contribution < -0.4 is 10.5 Å². The summed E-state index contributed by atoms with van der Waals surface area (Å²) in [5.41, 5.74) is 8.14. The first-order chi connectivity index (χ1) is 9.20. The second kappa shape index (κ2) is 6.34. The highest BCUT2D eigenvalue weighted by molar-refractivity contribution is 5.30. The van der Waals surface area contributed by atoms with Crippen molar-refractivity contribution in [1.82, 2.24) is 4.98 Å². The van der Waals surface area contributed by atoms with Gasteiger partial charge in [0, 0.05) is 18.9 Å². The molecule has 1 aromatic carbocycles. The molecule has 0 fully saturated rings. The van der Waals surface area contributed by atoms with E-state index in [4.69, 9.17) is 10.5 Å². The van der Waals surface area contributed by atoms with Gasteiger partial charge < -0.3 is 10.5 Å². The Morgan fingerprint density at radius 1 is 1.00 bits per heavy atom. The Balaban J connectivity index is 2.10. The van der Waals surface area contributed by atoms with Crippen LogP contribution in [0, 0.1) is 0 Å². The van der Waals surface area contributed by atoms with Crippen LogP contribution in [-0.2, 0) is 0 Å². The number of ether oxygens (including phenoxy) is 1. The minimum atomic E-state index is -0.132. The van der Waals surface area contributed by atoms with E-state index in [0.29, 0.717) is 12.5 Å². The standard InChI is InChI=1S/C16H20N2O/c1-12(2)13-3-5-15(6-4-13)19-16(11-17)14-7-9-18-10-8-14/h3-10,12,16H,11,17H2,1-2H3. The number of nitrogens with zero attached hydrogens (tertiary/aromatic N) is 1. The third-order valence-electron chi connectivity index (χ3n) is 3.12. The Labute approximate surface area is 114 Å². The van der Waals surface area contributed by atoms with Gasteiger partial charge in [-0.15, -0.1) is 0 Å². The second-order valence-electron chi connectivity index (χ2n) is 4.85. The van der Waals surface area contributed by atoms with Crippen LogP contribution in [0.1, 0.15) is 37.0 Å². The largest absolute Gasteiger partial charge is 0.484 e. The van der Waals surface area contributed by atoms with Gasteiger partial charge in [-0.25, -0.2) is 0 Å². The van der Waals surface area contributed by atoms with Gasteiger partial charge >= 0.3 is 0 Å². The highest BCUT2D eigenvalue weighted by Gasteiger charge is 2.11. The highest BCUT2D eigenvalue weighted by Crippen LogP contribution is 2.23. The molecule has 1 aromatic heterocycles. The maximum absolute atomic E-state index is 5.93. The average molecular weight is 256 g/mol. The van der Waals surface area contributed by atoms with Crippen molar-refractivity contribution >= 4 is 0 Å². The Bertz CT molecular complexity index is 494. The summed E-state index contributed by atoms with van der Waals surface area (Å²) >= 11 is 0. The normalized spacial score (nSPS) is 12.4. The average Bonchev–Trinajstić information content (AvgIpc) is 2.46. The van der Waals surface area contributed by atoms with E-state index < -0.39 is 0 Å². The summed E-state index contributed by atoms with van der Waals surface area (Å²) < 4.78 is 5.93. The van der Waals surface area contributed by atoms with E-state index in [0.717, 1.165) is 11.3 Å². The fraction of sp³-hybridized carbons (Fsp3) is 0.312. The third-order valence-corrected chi connectivity index (χ3v) is 3.12. The van der Waals surface area contributed by atoms with Gasteiger partial charge in [0.1, 0.15) is 11.9 Å². The van der Waals surface area contributed by atoms with Gasteiger partial charge in [-0.2, -0.15) is 0 Å². The van der Waals surface area contributed by atoms with Crippen LogP contribution in [0.15, 0.2) is 48.8 Å². The van der Waals surface area contributed by atoms with Gasteiger partial charge in [0.25, 0.3) is 0 Å². The van der Waals surface area contributed by atoms with E-state index in [-0.39, 0.29) is 6.10 Å². The highest BCUT2D eigenvalue weighted by atomic mass is 16.5. The molecule has 3 heteroatoms. The van der Waals surface area contributed by atoms with E-state index in [1.165, 1.54) is 5.56 Å². The molecule has 2 N–H and O–H groups in total. The molecule has 0 bridgehead atoms. The summed E-state index contributed by atoms with van der Waals surface area (Å²) in [7, 11) is 0. The molecule has 0 aliphatic carbocycles. The quantitative estimate of drug-likeness (QED) is 0.893. The zero-order valence-corrected chi connectivity index (χ0v) is 11.4. The summed E-state index contributed by atoms with van der Waals surface area (Å²) in [6, 6.07) is 12.1. The first kappa shape index (κ1) is 13.6. The lowest BCUT2D eigenvalue weighted by atomic mass is 10.0. The summed E-state index contributed by atoms with van der Waals surface area (Å²) in [5, 5.41) is 0. The molecule has 1 heterocycles. The second-order valence-corrected chi connectivity index (χ2v) is 4.85. The zero-order valence-electron chi connectivity index (χ0n) is 11.4. The molecule has 0 spiro atoms. The van der Waals surface area contributed by atoms with Crippen LogP contribution >= 0.6 is 0 Å². The molecule has 0 aliphatic rings. The summed E-state index contributed by atoms with van der Waals surface area (Å²) in [6.45, 7) is 4.79. The Hall–Kier alpha value is -1.87. The van der Waals surface area contributed by atoms with Crippen molar-refractivity contribution < 1.29 is 4.74 Å². The predicted octanol–water partition coefficient (Wildman–Crippen LogP) is 3.28. The van der Waals surface area contributed by atoms with Crippen molar-refractivity contribution in [2.45, 2.75) is 25.9 Å². The number of benzene rings is 1. The van der Waals surface area contributed by atoms with Gasteiger partial charge in [0.2, 0.25) is 0 Å². The van der Waals surface area contributed by atoms with E-state index in [2.05, 4.69) is 31.0 Å². The summed E-state index contributed by atoms with van der Waals surface area (Å²) in [6.07, 6.45) is 3.37. The smallest absolute Gasteiger partial charge is 0.136 e. The van der Waals surface area contributed by atoms with Crippen molar-refractivity contribution in [3.63, 3.8) is 0 Å². The molecule has 1 unspecified atom stereocenters. The monoisotopic (exact) mass is 256 g/mol. The SMILES string of the molecule is CC(C)c1ccc(OC(CN)c2ccncc2)cc1. The molecular weight excluding hydrogens is 236 g/mol. The van der Waals surface area contributed by atoms with Crippen LogP contribution in [-0.4, -0.2) is 11.5 Å². The van der Waals surface area contributed by atoms with Gasteiger partial charge in [-0.1, -0.05) is 26.0 Å². The van der Waals surface area contributed by atoms with E-state index in [9.17, 15) is 0 Å². The molecular formula is C16H20N2O. The molecule has 0 aliphatic heterocycles. The molecule has 2 rings (SSSR count). The molecule has 2 aromatic rings. The molecule has 100 valence electrons. The van der Waals surface area contributed by atoms with E-state index in [1.807, 2.05) is 24.3 Å². The van der Waals surface area contributed by atoms with E-state index in [1.54, 1.807) is 12.4 Å². The number of hydrogen-bond acceptors (Lipinski definition) is 3. The third kappa shape index (κ3) is 3.55. The molecule has 0 radical (unpaired) electrons. The first-order valence-corrected chi connectivity index (χ1v) is 6.57. The van der Waals surface area contributed by atoms with Crippen molar-refractivity contribution in [1.29, 1.82) is 0 Å². The van der Waals surface area contributed by atoms with Crippen LogP contribution in [0.5, 0.6) is 5.75 Å². The van der Waals surface area contributed by atoms with Gasteiger partial charge in [0.05, 0.1) is 0 Å². The number of pyridine rings is 1. The van der Waals surface area contributed by atoms with Crippen LogP contribution in [0.3, 0.4) is 0 Å². The minimum Gasteiger partial charge on any atom is -0.484 e. The van der Waals surface area contributed by atoms with Crippen LogP contribution in [0.25, 0.3) is 0 Å². The van der Waals surface area contributed by atoms with Crippen LogP contribution in [0.4, 0.5) is 0 Å². The lowest BCUT2D eigenvalue weighted by molar-refractivity contribution is 0.214. The number of hydrogen-bond donors (Lipinski definition) is 1. The van der Waals surface area contributed by atoms with Gasteiger partial charge in [0.15, 0.2) is 0 Å². The van der Waals surface area contributed by atoms with Crippen molar-refractivity contribution in [2.75, 3.05) is 6.54 Å².